The Hall–Kier alpha value is -2.56. The van der Waals surface area contributed by atoms with Crippen LogP contribution in [0.4, 0.5) is 0 Å². The SMILES string of the molecule is CCOc1ccc(SCC(=O)NNC(=O)CN(C)S(=O)(=O)c2ccc(C)cc2)cc1. The summed E-state index contributed by atoms with van der Waals surface area (Å²) in [6.45, 7) is 3.90. The molecular formula is C20H25N3O5S2. The summed E-state index contributed by atoms with van der Waals surface area (Å²) in [4.78, 5) is 24.9. The van der Waals surface area contributed by atoms with Crippen molar-refractivity contribution in [2.45, 2.75) is 23.6 Å². The molecule has 0 radical (unpaired) electrons. The zero-order valence-corrected chi connectivity index (χ0v) is 18.7. The molecule has 0 aliphatic carbocycles. The number of nitrogens with zero attached hydrogens (tertiary/aromatic N) is 1. The minimum atomic E-state index is -3.80. The first kappa shape index (κ1) is 23.7. The first-order valence-electron chi connectivity index (χ1n) is 9.18. The van der Waals surface area contributed by atoms with Crippen LogP contribution in [-0.4, -0.2) is 50.5 Å². The maximum Gasteiger partial charge on any atom is 0.253 e. The number of sulfonamides is 1. The van der Waals surface area contributed by atoms with Gasteiger partial charge >= 0.3 is 0 Å². The van der Waals surface area contributed by atoms with E-state index in [1.165, 1.54) is 30.9 Å². The molecule has 2 N–H and O–H groups in total. The smallest absolute Gasteiger partial charge is 0.253 e. The Bertz CT molecular complexity index is 961. The number of hydrazine groups is 1. The Morgan fingerprint density at radius 2 is 1.60 bits per heavy atom. The molecule has 2 rings (SSSR count). The van der Waals surface area contributed by atoms with Crippen LogP contribution in [0, 0.1) is 6.92 Å². The van der Waals surface area contributed by atoms with Gasteiger partial charge in [0.25, 0.3) is 5.91 Å². The number of thioether (sulfide) groups is 1. The lowest BCUT2D eigenvalue weighted by Gasteiger charge is -2.17. The molecular weight excluding hydrogens is 426 g/mol. The van der Waals surface area contributed by atoms with E-state index in [1.807, 2.05) is 38.1 Å². The highest BCUT2D eigenvalue weighted by molar-refractivity contribution is 8.00. The van der Waals surface area contributed by atoms with Gasteiger partial charge in [0.1, 0.15) is 5.75 Å². The summed E-state index contributed by atoms with van der Waals surface area (Å²) >= 11 is 1.30. The van der Waals surface area contributed by atoms with E-state index in [1.54, 1.807) is 12.1 Å². The van der Waals surface area contributed by atoms with Gasteiger partial charge in [-0.25, -0.2) is 8.42 Å². The van der Waals surface area contributed by atoms with Gasteiger partial charge in [-0.3, -0.25) is 20.4 Å². The molecule has 2 aromatic rings. The van der Waals surface area contributed by atoms with Crippen LogP contribution in [0.15, 0.2) is 58.3 Å². The fourth-order valence-electron chi connectivity index (χ4n) is 2.34. The minimum Gasteiger partial charge on any atom is -0.494 e. The van der Waals surface area contributed by atoms with E-state index < -0.39 is 28.4 Å². The zero-order chi connectivity index (χ0) is 22.1. The predicted octanol–water partition coefficient (Wildman–Crippen LogP) is 1.95. The van der Waals surface area contributed by atoms with Crippen LogP contribution in [-0.2, 0) is 19.6 Å². The Labute approximate surface area is 181 Å². The Morgan fingerprint density at radius 1 is 1.00 bits per heavy atom. The standard InChI is InChI=1S/C20H25N3O5S2/c1-4-28-16-7-9-17(10-8-16)29-14-20(25)22-21-19(24)13-23(3)30(26,27)18-11-5-15(2)6-12-18/h5-12H,4,13-14H2,1-3H3,(H,21,24)(H,22,25). The molecule has 0 atom stereocenters. The molecule has 0 heterocycles. The number of hydrogen-bond acceptors (Lipinski definition) is 6. The van der Waals surface area contributed by atoms with Crippen molar-refractivity contribution in [3.63, 3.8) is 0 Å². The number of rotatable bonds is 9. The van der Waals surface area contributed by atoms with Gasteiger partial charge in [0.2, 0.25) is 15.9 Å². The average molecular weight is 452 g/mol. The maximum atomic E-state index is 12.5. The third kappa shape index (κ3) is 7.05. The molecule has 0 fully saturated rings. The zero-order valence-electron chi connectivity index (χ0n) is 17.0. The molecule has 2 aromatic carbocycles. The lowest BCUT2D eigenvalue weighted by molar-refractivity contribution is -0.127. The van der Waals surface area contributed by atoms with Gasteiger partial charge in [-0.1, -0.05) is 17.7 Å². The molecule has 0 spiro atoms. The van der Waals surface area contributed by atoms with Crippen LogP contribution in [0.25, 0.3) is 0 Å². The molecule has 0 unspecified atom stereocenters. The third-order valence-corrected chi connectivity index (χ3v) is 6.77. The molecule has 162 valence electrons. The van der Waals surface area contributed by atoms with Crippen LogP contribution in [0.5, 0.6) is 5.75 Å². The first-order valence-corrected chi connectivity index (χ1v) is 11.6. The lowest BCUT2D eigenvalue weighted by Crippen LogP contribution is -2.47. The molecule has 0 aliphatic rings. The largest absolute Gasteiger partial charge is 0.494 e. The number of carbonyl (C=O) groups is 2. The summed E-state index contributed by atoms with van der Waals surface area (Å²) < 4.78 is 31.3. The fourth-order valence-corrected chi connectivity index (χ4v) is 4.17. The number of ether oxygens (including phenoxy) is 1. The molecule has 0 aliphatic heterocycles. The topological polar surface area (TPSA) is 105 Å². The van der Waals surface area contributed by atoms with Crippen molar-refractivity contribution in [1.29, 1.82) is 0 Å². The summed E-state index contributed by atoms with van der Waals surface area (Å²) in [5, 5.41) is 0. The number of nitrogens with one attached hydrogen (secondary N) is 2. The highest BCUT2D eigenvalue weighted by Gasteiger charge is 2.22. The van der Waals surface area contributed by atoms with Crippen molar-refractivity contribution in [2.24, 2.45) is 0 Å². The molecule has 0 saturated carbocycles. The number of amides is 2. The third-order valence-electron chi connectivity index (χ3n) is 3.94. The summed E-state index contributed by atoms with van der Waals surface area (Å²) in [5.41, 5.74) is 5.44. The number of likely N-dealkylation sites (N-methyl/N-ethyl adjacent to an activating group) is 1. The normalized spacial score (nSPS) is 11.2. The monoisotopic (exact) mass is 451 g/mol. The van der Waals surface area contributed by atoms with Crippen molar-refractivity contribution in [3.8, 4) is 5.75 Å². The maximum absolute atomic E-state index is 12.5. The average Bonchev–Trinajstić information content (AvgIpc) is 2.72. The fraction of sp³-hybridized carbons (Fsp3) is 0.300. The van der Waals surface area contributed by atoms with Crippen LogP contribution < -0.4 is 15.6 Å². The minimum absolute atomic E-state index is 0.0891. The second kappa shape index (κ2) is 11.0. The second-order valence-electron chi connectivity index (χ2n) is 6.36. The number of hydrogen-bond donors (Lipinski definition) is 2. The van der Waals surface area contributed by atoms with Gasteiger partial charge in [0.15, 0.2) is 0 Å². The molecule has 30 heavy (non-hydrogen) atoms. The molecule has 10 heteroatoms. The molecule has 2 amide bonds. The Kier molecular flexibility index (Phi) is 8.70. The van der Waals surface area contributed by atoms with Gasteiger partial charge in [-0.05, 0) is 50.2 Å². The van der Waals surface area contributed by atoms with Crippen LogP contribution >= 0.6 is 11.8 Å². The van der Waals surface area contributed by atoms with E-state index >= 15 is 0 Å². The van der Waals surface area contributed by atoms with E-state index in [0.717, 1.165) is 20.5 Å². The van der Waals surface area contributed by atoms with E-state index in [9.17, 15) is 18.0 Å². The highest BCUT2D eigenvalue weighted by Crippen LogP contribution is 2.21. The van der Waals surface area contributed by atoms with Gasteiger partial charge in [0.05, 0.1) is 23.8 Å². The van der Waals surface area contributed by atoms with Gasteiger partial charge in [-0.2, -0.15) is 4.31 Å². The van der Waals surface area contributed by atoms with Crippen LogP contribution in [0.3, 0.4) is 0 Å². The highest BCUT2D eigenvalue weighted by atomic mass is 32.2. The molecule has 0 aromatic heterocycles. The Morgan fingerprint density at radius 3 is 2.20 bits per heavy atom. The first-order chi connectivity index (χ1) is 14.2. The lowest BCUT2D eigenvalue weighted by atomic mass is 10.2. The molecule has 8 nitrogen and oxygen atoms in total. The Balaban J connectivity index is 1.77. The summed E-state index contributed by atoms with van der Waals surface area (Å²) in [7, 11) is -2.49. The van der Waals surface area contributed by atoms with Crippen LogP contribution in [0.2, 0.25) is 0 Å². The van der Waals surface area contributed by atoms with E-state index in [0.29, 0.717) is 6.61 Å². The summed E-state index contributed by atoms with van der Waals surface area (Å²) in [6, 6.07) is 13.6. The van der Waals surface area contributed by atoms with Crippen molar-refractivity contribution in [2.75, 3.05) is 26.0 Å². The summed E-state index contributed by atoms with van der Waals surface area (Å²) in [6.07, 6.45) is 0. The molecule has 0 saturated heterocycles. The van der Waals surface area contributed by atoms with Crippen molar-refractivity contribution < 1.29 is 22.7 Å². The summed E-state index contributed by atoms with van der Waals surface area (Å²) in [5.74, 6) is -0.215. The quantitative estimate of drug-likeness (QED) is 0.446. The van der Waals surface area contributed by atoms with Crippen molar-refractivity contribution in [1.82, 2.24) is 15.2 Å². The van der Waals surface area contributed by atoms with Crippen molar-refractivity contribution >= 4 is 33.6 Å². The van der Waals surface area contributed by atoms with Gasteiger partial charge in [0, 0.05) is 11.9 Å². The second-order valence-corrected chi connectivity index (χ2v) is 9.46. The van der Waals surface area contributed by atoms with E-state index in [2.05, 4.69) is 10.9 Å². The predicted molar refractivity (Wildman–Crippen MR) is 116 cm³/mol. The van der Waals surface area contributed by atoms with Crippen LogP contribution in [0.1, 0.15) is 12.5 Å². The van der Waals surface area contributed by atoms with E-state index in [-0.39, 0.29) is 10.6 Å². The molecule has 0 bridgehead atoms. The van der Waals surface area contributed by atoms with Crippen molar-refractivity contribution in [3.05, 3.63) is 54.1 Å². The van der Waals surface area contributed by atoms with Gasteiger partial charge < -0.3 is 4.74 Å². The number of benzene rings is 2. The van der Waals surface area contributed by atoms with E-state index in [4.69, 9.17) is 4.74 Å². The number of aryl methyl sites for hydroxylation is 1. The number of carbonyl (C=O) groups excluding carboxylic acids is 2. The van der Waals surface area contributed by atoms with Gasteiger partial charge in [-0.15, -0.1) is 11.8 Å².